The predicted octanol–water partition coefficient (Wildman–Crippen LogP) is 4.24. The minimum atomic E-state index is -0.126. The van der Waals surface area contributed by atoms with E-state index in [4.69, 9.17) is 4.74 Å². The Morgan fingerprint density at radius 1 is 1.03 bits per heavy atom. The molecule has 1 aliphatic rings. The molecule has 0 bridgehead atoms. The Morgan fingerprint density at radius 3 is 2.40 bits per heavy atom. The highest BCUT2D eigenvalue weighted by atomic mass is 16.5. The zero-order valence-corrected chi connectivity index (χ0v) is 17.3. The lowest BCUT2D eigenvalue weighted by atomic mass is 10.1. The smallest absolute Gasteiger partial charge is 0.251 e. The average molecular weight is 402 g/mol. The summed E-state index contributed by atoms with van der Waals surface area (Å²) in [6, 6.07) is 15.1. The van der Waals surface area contributed by atoms with Crippen LogP contribution in [0, 0.1) is 0 Å². The number of benzene rings is 2. The number of carbonyl (C=O) groups excluding carboxylic acids is 1. The van der Waals surface area contributed by atoms with Crippen LogP contribution in [0.3, 0.4) is 0 Å². The number of hydrogen-bond donors (Lipinski definition) is 1. The van der Waals surface area contributed by atoms with Crippen LogP contribution in [0.4, 0.5) is 5.95 Å². The first kappa shape index (κ1) is 19.9. The summed E-state index contributed by atoms with van der Waals surface area (Å²) in [5, 5.41) is 3.04. The standard InChI is InChI=1S/C24H26N4O2/c1-17(20-6-5-7-22(14-20)30-2)27-23(29)19-10-8-18(9-11-19)21-15-25-24(26-16-21)28-12-3-4-13-28/h5-11,14-17H,3-4,12-13H2,1-2H3,(H,27,29)/t17-/m1/s1. The van der Waals surface area contributed by atoms with Crippen LogP contribution in [0.15, 0.2) is 60.9 Å². The van der Waals surface area contributed by atoms with Gasteiger partial charge in [-0.2, -0.15) is 0 Å². The third-order valence-corrected chi connectivity index (χ3v) is 5.45. The lowest BCUT2D eigenvalue weighted by molar-refractivity contribution is 0.0940. The van der Waals surface area contributed by atoms with Crippen molar-refractivity contribution in [3.05, 3.63) is 72.1 Å². The molecule has 154 valence electrons. The molecular weight excluding hydrogens is 376 g/mol. The summed E-state index contributed by atoms with van der Waals surface area (Å²) in [6.45, 7) is 4.01. The SMILES string of the molecule is COc1cccc([C@@H](C)NC(=O)c2ccc(-c3cnc(N4CCCC4)nc3)cc2)c1. The molecule has 0 radical (unpaired) electrons. The molecule has 0 saturated carbocycles. The van der Waals surface area contributed by atoms with Crippen molar-refractivity contribution in [1.82, 2.24) is 15.3 Å². The highest BCUT2D eigenvalue weighted by Gasteiger charge is 2.15. The number of ether oxygens (including phenoxy) is 1. The van der Waals surface area contributed by atoms with E-state index in [-0.39, 0.29) is 11.9 Å². The van der Waals surface area contributed by atoms with Crippen LogP contribution < -0.4 is 15.0 Å². The Bertz CT molecular complexity index is 996. The van der Waals surface area contributed by atoms with Crippen molar-refractivity contribution in [2.75, 3.05) is 25.1 Å². The molecular formula is C24H26N4O2. The van der Waals surface area contributed by atoms with Crippen molar-refractivity contribution in [2.45, 2.75) is 25.8 Å². The van der Waals surface area contributed by atoms with E-state index >= 15 is 0 Å². The van der Waals surface area contributed by atoms with E-state index in [2.05, 4.69) is 20.2 Å². The van der Waals surface area contributed by atoms with Gasteiger partial charge in [0.05, 0.1) is 13.2 Å². The van der Waals surface area contributed by atoms with Crippen molar-refractivity contribution < 1.29 is 9.53 Å². The molecule has 0 spiro atoms. The van der Waals surface area contributed by atoms with Crippen LogP contribution in [0.2, 0.25) is 0 Å². The van der Waals surface area contributed by atoms with Gasteiger partial charge in [-0.1, -0.05) is 24.3 Å². The van der Waals surface area contributed by atoms with Gasteiger partial charge in [0.25, 0.3) is 5.91 Å². The second kappa shape index (κ2) is 8.95. The van der Waals surface area contributed by atoms with E-state index < -0.39 is 0 Å². The molecule has 1 amide bonds. The van der Waals surface area contributed by atoms with Gasteiger partial charge in [0.15, 0.2) is 0 Å². The highest BCUT2D eigenvalue weighted by molar-refractivity contribution is 5.94. The Morgan fingerprint density at radius 2 is 1.73 bits per heavy atom. The Kier molecular flexibility index (Phi) is 5.93. The van der Waals surface area contributed by atoms with Crippen molar-refractivity contribution in [3.8, 4) is 16.9 Å². The molecule has 1 aromatic heterocycles. The second-order valence-electron chi connectivity index (χ2n) is 7.52. The van der Waals surface area contributed by atoms with E-state index in [0.717, 1.165) is 41.5 Å². The quantitative estimate of drug-likeness (QED) is 0.668. The number of amides is 1. The van der Waals surface area contributed by atoms with Crippen LogP contribution in [-0.2, 0) is 0 Å². The maximum Gasteiger partial charge on any atom is 0.251 e. The molecule has 3 aromatic rings. The number of methoxy groups -OCH3 is 1. The average Bonchev–Trinajstić information content (AvgIpc) is 3.34. The van der Waals surface area contributed by atoms with E-state index in [1.807, 2.05) is 67.8 Å². The van der Waals surface area contributed by atoms with E-state index in [1.54, 1.807) is 7.11 Å². The minimum absolute atomic E-state index is 0.113. The molecule has 2 aromatic carbocycles. The molecule has 30 heavy (non-hydrogen) atoms. The molecule has 0 aliphatic carbocycles. The van der Waals surface area contributed by atoms with Gasteiger partial charge in [0.2, 0.25) is 5.95 Å². The van der Waals surface area contributed by atoms with Crippen molar-refractivity contribution in [2.24, 2.45) is 0 Å². The predicted molar refractivity (Wildman–Crippen MR) is 118 cm³/mol. The molecule has 2 heterocycles. The summed E-state index contributed by atoms with van der Waals surface area (Å²) in [6.07, 6.45) is 6.09. The fraction of sp³-hybridized carbons (Fsp3) is 0.292. The zero-order valence-electron chi connectivity index (χ0n) is 17.3. The topological polar surface area (TPSA) is 67.3 Å². The van der Waals surface area contributed by atoms with Crippen LogP contribution >= 0.6 is 0 Å². The maximum absolute atomic E-state index is 12.6. The Balaban J connectivity index is 1.41. The van der Waals surface area contributed by atoms with Gasteiger partial charge in [-0.25, -0.2) is 9.97 Å². The lowest BCUT2D eigenvalue weighted by Crippen LogP contribution is -2.26. The second-order valence-corrected chi connectivity index (χ2v) is 7.52. The third kappa shape index (κ3) is 4.43. The summed E-state index contributed by atoms with van der Waals surface area (Å²) in [4.78, 5) is 23.9. The van der Waals surface area contributed by atoms with E-state index in [9.17, 15) is 4.79 Å². The first-order chi connectivity index (χ1) is 14.6. The molecule has 4 rings (SSSR count). The number of rotatable bonds is 6. The summed E-state index contributed by atoms with van der Waals surface area (Å²) in [7, 11) is 1.63. The number of nitrogens with zero attached hydrogens (tertiary/aromatic N) is 3. The Labute approximate surface area is 176 Å². The minimum Gasteiger partial charge on any atom is -0.497 e. The molecule has 1 fully saturated rings. The zero-order chi connectivity index (χ0) is 20.9. The molecule has 1 N–H and O–H groups in total. The van der Waals surface area contributed by atoms with Crippen LogP contribution in [-0.4, -0.2) is 36.1 Å². The maximum atomic E-state index is 12.6. The van der Waals surface area contributed by atoms with Crippen molar-refractivity contribution in [3.63, 3.8) is 0 Å². The van der Waals surface area contributed by atoms with Crippen LogP contribution in [0.25, 0.3) is 11.1 Å². The van der Waals surface area contributed by atoms with Crippen LogP contribution in [0.1, 0.15) is 41.7 Å². The van der Waals surface area contributed by atoms with Gasteiger partial charge >= 0.3 is 0 Å². The van der Waals surface area contributed by atoms with E-state index in [1.165, 1.54) is 12.8 Å². The number of nitrogens with one attached hydrogen (secondary N) is 1. The van der Waals surface area contributed by atoms with Gasteiger partial charge in [0.1, 0.15) is 5.75 Å². The Hall–Kier alpha value is -3.41. The number of aromatic nitrogens is 2. The molecule has 1 atom stereocenters. The van der Waals surface area contributed by atoms with Gasteiger partial charge in [-0.3, -0.25) is 4.79 Å². The highest BCUT2D eigenvalue weighted by Crippen LogP contribution is 2.22. The fourth-order valence-corrected chi connectivity index (χ4v) is 3.64. The molecule has 0 unspecified atom stereocenters. The summed E-state index contributed by atoms with van der Waals surface area (Å²) in [5.74, 6) is 1.45. The lowest BCUT2D eigenvalue weighted by Gasteiger charge is -2.16. The summed E-state index contributed by atoms with van der Waals surface area (Å²) >= 11 is 0. The largest absolute Gasteiger partial charge is 0.497 e. The summed E-state index contributed by atoms with van der Waals surface area (Å²) < 4.78 is 5.26. The van der Waals surface area contributed by atoms with Crippen molar-refractivity contribution >= 4 is 11.9 Å². The number of anilines is 1. The molecule has 1 saturated heterocycles. The number of carbonyl (C=O) groups is 1. The summed E-state index contributed by atoms with van der Waals surface area (Å²) in [5.41, 5.74) is 3.53. The first-order valence-corrected chi connectivity index (χ1v) is 10.3. The van der Waals surface area contributed by atoms with Crippen LogP contribution in [0.5, 0.6) is 5.75 Å². The van der Waals surface area contributed by atoms with Gasteiger partial charge < -0.3 is 15.0 Å². The number of hydrogen-bond acceptors (Lipinski definition) is 5. The van der Waals surface area contributed by atoms with Gasteiger partial charge in [-0.05, 0) is 55.2 Å². The van der Waals surface area contributed by atoms with Crippen molar-refractivity contribution in [1.29, 1.82) is 0 Å². The third-order valence-electron chi connectivity index (χ3n) is 5.45. The van der Waals surface area contributed by atoms with E-state index in [0.29, 0.717) is 5.56 Å². The first-order valence-electron chi connectivity index (χ1n) is 10.3. The van der Waals surface area contributed by atoms with Gasteiger partial charge in [-0.15, -0.1) is 0 Å². The fourth-order valence-electron chi connectivity index (χ4n) is 3.64. The molecule has 6 heteroatoms. The monoisotopic (exact) mass is 402 g/mol. The molecule has 6 nitrogen and oxygen atoms in total. The van der Waals surface area contributed by atoms with Gasteiger partial charge in [0, 0.05) is 36.6 Å². The molecule has 1 aliphatic heterocycles. The normalized spacial score (nSPS) is 14.4.